The van der Waals surface area contributed by atoms with Gasteiger partial charge in [0.15, 0.2) is 8.32 Å². The highest BCUT2D eigenvalue weighted by Gasteiger charge is 2.47. The van der Waals surface area contributed by atoms with Gasteiger partial charge in [-0.05, 0) is 114 Å². The quantitative estimate of drug-likeness (QED) is 0.231. The average Bonchev–Trinajstić information content (AvgIpc) is 2.68. The lowest BCUT2D eigenvalue weighted by atomic mass is 10.0. The van der Waals surface area contributed by atoms with Crippen molar-refractivity contribution in [3.05, 3.63) is 54.1 Å². The van der Waals surface area contributed by atoms with Crippen LogP contribution in [0.4, 0.5) is 0 Å². The van der Waals surface area contributed by atoms with Crippen LogP contribution in [0, 0.1) is 11.3 Å². The predicted octanol–water partition coefficient (Wildman–Crippen LogP) is 7.36. The molecule has 0 aliphatic carbocycles. The summed E-state index contributed by atoms with van der Waals surface area (Å²) in [6.45, 7) is 27.9. The Morgan fingerprint density at radius 2 is 0.816 bits per heavy atom. The SMILES string of the molecule is C[Si](C)(C)O[Si](C)(C)O[Si](C)(C)O[Si](C)(C)O[Si](C)(C)O[Si](C)(C)c1ccc(-c2ccc(C#N)cc2)cc1. The molecule has 2 aromatic carbocycles. The summed E-state index contributed by atoms with van der Waals surface area (Å²) < 4.78 is 33.2. The molecule has 38 heavy (non-hydrogen) atoms. The lowest BCUT2D eigenvalue weighted by Gasteiger charge is -2.43. The van der Waals surface area contributed by atoms with Gasteiger partial charge in [-0.3, -0.25) is 0 Å². The topological polar surface area (TPSA) is 69.9 Å². The summed E-state index contributed by atoms with van der Waals surface area (Å²) in [6, 6.07) is 18.4. The molecule has 0 radical (unpaired) electrons. The maximum absolute atomic E-state index is 9.05. The number of hydrogen-bond acceptors (Lipinski definition) is 6. The maximum atomic E-state index is 9.05. The molecular weight excluding hydrogens is 575 g/mol. The molecule has 0 spiro atoms. The zero-order chi connectivity index (χ0) is 29.2. The summed E-state index contributed by atoms with van der Waals surface area (Å²) in [5.74, 6) is 0. The summed E-state index contributed by atoms with van der Waals surface area (Å²) in [6.07, 6.45) is 0. The molecule has 0 N–H and O–H groups in total. The fourth-order valence-electron chi connectivity index (χ4n) is 5.07. The first-order valence-electron chi connectivity index (χ1n) is 13.2. The van der Waals surface area contributed by atoms with Crippen LogP contribution in [-0.4, -0.2) is 50.9 Å². The van der Waals surface area contributed by atoms with E-state index in [-0.39, 0.29) is 0 Å². The standard InChI is InChI=1S/C26H47NO5Si6/c1-33(2,3)28-35(6,7)30-37(10,11)32-38(12,13)31-36(8,9)29-34(4,5)26-20-18-25(19-21-26)24-16-14-23(22-27)15-17-24/h14-21H,1-13H3. The van der Waals surface area contributed by atoms with Crippen molar-refractivity contribution in [1.29, 1.82) is 5.26 Å². The predicted molar refractivity (Wildman–Crippen MR) is 172 cm³/mol. The molecule has 12 heteroatoms. The second-order valence-electron chi connectivity index (χ2n) is 13.0. The highest BCUT2D eigenvalue weighted by molar-refractivity contribution is 6.94. The summed E-state index contributed by atoms with van der Waals surface area (Å²) in [5, 5.41) is 10.3. The van der Waals surface area contributed by atoms with Gasteiger partial charge >= 0.3 is 34.2 Å². The Morgan fingerprint density at radius 3 is 1.18 bits per heavy atom. The summed E-state index contributed by atoms with van der Waals surface area (Å²) in [7, 11) is -13.8. The van der Waals surface area contributed by atoms with E-state index >= 15 is 0 Å². The van der Waals surface area contributed by atoms with Crippen molar-refractivity contribution < 1.29 is 20.6 Å². The average molecular weight is 622 g/mol. The molecule has 0 aromatic heterocycles. The van der Waals surface area contributed by atoms with Crippen molar-refractivity contribution in [3.8, 4) is 17.2 Å². The Morgan fingerprint density at radius 1 is 0.474 bits per heavy atom. The molecule has 0 aliphatic heterocycles. The number of nitriles is 1. The zero-order valence-electron chi connectivity index (χ0n) is 25.6. The normalized spacial score (nSPS) is 13.9. The van der Waals surface area contributed by atoms with Crippen LogP contribution in [0.1, 0.15) is 5.56 Å². The van der Waals surface area contributed by atoms with Crippen LogP contribution in [-0.2, 0) is 20.6 Å². The molecule has 0 unspecified atom stereocenters. The van der Waals surface area contributed by atoms with Crippen molar-refractivity contribution in [2.75, 3.05) is 0 Å². The van der Waals surface area contributed by atoms with E-state index in [2.05, 4.69) is 115 Å². The van der Waals surface area contributed by atoms with Gasteiger partial charge in [-0.15, -0.1) is 0 Å². The van der Waals surface area contributed by atoms with E-state index in [1.54, 1.807) is 0 Å². The van der Waals surface area contributed by atoms with Gasteiger partial charge in [-0.25, -0.2) is 0 Å². The number of benzene rings is 2. The largest absolute Gasteiger partial charge is 0.437 e. The van der Waals surface area contributed by atoms with Crippen molar-refractivity contribution in [3.63, 3.8) is 0 Å². The molecule has 0 heterocycles. The van der Waals surface area contributed by atoms with E-state index in [1.165, 1.54) is 5.19 Å². The smallest absolute Gasteiger partial charge is 0.314 e. The highest BCUT2D eigenvalue weighted by Crippen LogP contribution is 2.28. The van der Waals surface area contributed by atoms with E-state index in [0.717, 1.165) is 11.1 Å². The molecule has 0 atom stereocenters. The maximum Gasteiger partial charge on any atom is 0.314 e. The molecule has 0 saturated carbocycles. The molecule has 6 nitrogen and oxygen atoms in total. The van der Waals surface area contributed by atoms with Gasteiger partial charge in [0.2, 0.25) is 8.32 Å². The van der Waals surface area contributed by atoms with Crippen LogP contribution in [0.15, 0.2) is 48.5 Å². The second kappa shape index (κ2) is 11.9. The Balaban J connectivity index is 2.09. The van der Waals surface area contributed by atoms with Crippen LogP contribution in [0.2, 0.25) is 85.1 Å². The van der Waals surface area contributed by atoms with E-state index in [9.17, 15) is 0 Å². The Hall–Kier alpha value is -0.969. The first-order valence-corrected chi connectivity index (χ1v) is 30.7. The lowest BCUT2D eigenvalue weighted by molar-refractivity contribution is 0.283. The lowest BCUT2D eigenvalue weighted by Crippen LogP contribution is -2.61. The van der Waals surface area contributed by atoms with Crippen molar-refractivity contribution in [2.45, 2.75) is 85.1 Å². The highest BCUT2D eigenvalue weighted by atomic mass is 28.5. The summed E-state index contributed by atoms with van der Waals surface area (Å²) >= 11 is 0. The first kappa shape index (κ1) is 33.2. The molecule has 0 bridgehead atoms. The van der Waals surface area contributed by atoms with Crippen LogP contribution in [0.5, 0.6) is 0 Å². The summed E-state index contributed by atoms with van der Waals surface area (Å²) in [4.78, 5) is 0. The third-order valence-electron chi connectivity index (χ3n) is 5.46. The van der Waals surface area contributed by atoms with Crippen LogP contribution < -0.4 is 5.19 Å². The van der Waals surface area contributed by atoms with Crippen LogP contribution in [0.25, 0.3) is 11.1 Å². The van der Waals surface area contributed by atoms with E-state index in [4.69, 9.17) is 25.8 Å². The van der Waals surface area contributed by atoms with Crippen molar-refractivity contribution in [1.82, 2.24) is 0 Å². The van der Waals surface area contributed by atoms with E-state index in [1.807, 2.05) is 24.3 Å². The number of hydrogen-bond donors (Lipinski definition) is 0. The summed E-state index contributed by atoms with van der Waals surface area (Å²) in [5.41, 5.74) is 2.88. The Kier molecular flexibility index (Phi) is 10.4. The van der Waals surface area contributed by atoms with E-state index in [0.29, 0.717) is 5.56 Å². The number of rotatable bonds is 12. The van der Waals surface area contributed by atoms with Gasteiger partial charge in [-0.2, -0.15) is 5.26 Å². The van der Waals surface area contributed by atoms with E-state index < -0.39 is 50.9 Å². The minimum absolute atomic E-state index is 0.665. The zero-order valence-corrected chi connectivity index (χ0v) is 31.6. The minimum atomic E-state index is -2.54. The molecule has 2 aromatic rings. The Bertz CT molecular complexity index is 1120. The molecule has 210 valence electrons. The molecule has 0 fully saturated rings. The monoisotopic (exact) mass is 621 g/mol. The first-order chi connectivity index (χ1) is 17.0. The van der Waals surface area contributed by atoms with Gasteiger partial charge in [0.1, 0.15) is 0 Å². The third-order valence-corrected chi connectivity index (χ3v) is 27.4. The van der Waals surface area contributed by atoms with Crippen molar-refractivity contribution >= 4 is 56.1 Å². The third kappa shape index (κ3) is 10.9. The fourth-order valence-corrected chi connectivity index (χ4v) is 33.7. The molecule has 0 saturated heterocycles. The van der Waals surface area contributed by atoms with Crippen molar-refractivity contribution in [2.24, 2.45) is 0 Å². The molecule has 0 aliphatic rings. The van der Waals surface area contributed by atoms with Gasteiger partial charge in [-0.1, -0.05) is 36.4 Å². The van der Waals surface area contributed by atoms with Crippen LogP contribution in [0.3, 0.4) is 0 Å². The molecule has 0 amide bonds. The fraction of sp³-hybridized carbons (Fsp3) is 0.500. The van der Waals surface area contributed by atoms with Gasteiger partial charge in [0, 0.05) is 0 Å². The van der Waals surface area contributed by atoms with Gasteiger partial charge in [0.25, 0.3) is 0 Å². The molecule has 2 rings (SSSR count). The van der Waals surface area contributed by atoms with Crippen LogP contribution >= 0.6 is 0 Å². The second-order valence-corrected chi connectivity index (χ2v) is 36.1. The van der Waals surface area contributed by atoms with Gasteiger partial charge in [0.05, 0.1) is 11.6 Å². The number of nitrogens with zero attached hydrogens (tertiary/aromatic N) is 1. The van der Waals surface area contributed by atoms with Gasteiger partial charge < -0.3 is 20.6 Å². The molecular formula is C26H47NO5Si6. The Labute approximate surface area is 237 Å². The minimum Gasteiger partial charge on any atom is -0.437 e.